The molecule has 0 aliphatic heterocycles. The van der Waals surface area contributed by atoms with E-state index in [1.165, 1.54) is 0 Å². The van der Waals surface area contributed by atoms with Gasteiger partial charge in [-0.05, 0) is 50.6 Å². The van der Waals surface area contributed by atoms with Crippen molar-refractivity contribution in [2.75, 3.05) is 7.11 Å². The van der Waals surface area contributed by atoms with Crippen LogP contribution in [0.15, 0.2) is 53.1 Å². The van der Waals surface area contributed by atoms with Gasteiger partial charge in [0.25, 0.3) is 0 Å². The molecule has 0 atom stereocenters. The van der Waals surface area contributed by atoms with Crippen LogP contribution in [0.5, 0.6) is 11.5 Å². The number of rotatable bonds is 10. The second-order valence-electron chi connectivity index (χ2n) is 7.14. The van der Waals surface area contributed by atoms with Gasteiger partial charge in [-0.3, -0.25) is 4.79 Å². The maximum Gasteiger partial charge on any atom is 0.226 e. The van der Waals surface area contributed by atoms with Crippen LogP contribution in [0.1, 0.15) is 38.1 Å². The number of hydrogen-bond donors (Lipinski definition) is 1. The largest absolute Gasteiger partial charge is 0.497 e. The standard InChI is InChI=1S/C23H27N3O4/c1-16(2)29-20-8-5-4-7-18(20)15-24-21(27)9-6-10-22-25-23(26-30-22)17-11-13-19(28-3)14-12-17/h4-5,7-8,11-14,16H,6,9-10,15H2,1-3H3,(H,24,27). The van der Waals surface area contributed by atoms with Gasteiger partial charge in [0.15, 0.2) is 0 Å². The van der Waals surface area contributed by atoms with Crippen LogP contribution in [-0.2, 0) is 17.8 Å². The number of ether oxygens (including phenoxy) is 2. The molecule has 0 saturated carbocycles. The Morgan fingerprint density at radius 3 is 2.63 bits per heavy atom. The fourth-order valence-corrected chi connectivity index (χ4v) is 2.91. The zero-order valence-electron chi connectivity index (χ0n) is 17.6. The van der Waals surface area contributed by atoms with E-state index in [2.05, 4.69) is 15.5 Å². The second kappa shape index (κ2) is 10.4. The molecule has 30 heavy (non-hydrogen) atoms. The summed E-state index contributed by atoms with van der Waals surface area (Å²) in [5.41, 5.74) is 1.81. The molecule has 0 aliphatic carbocycles. The number of amides is 1. The summed E-state index contributed by atoms with van der Waals surface area (Å²) in [6.07, 6.45) is 1.64. The van der Waals surface area contributed by atoms with E-state index in [-0.39, 0.29) is 12.0 Å². The minimum atomic E-state index is -0.0238. The lowest BCUT2D eigenvalue weighted by atomic mass is 10.2. The molecule has 7 heteroatoms. The first kappa shape index (κ1) is 21.4. The van der Waals surface area contributed by atoms with Gasteiger partial charge in [0.1, 0.15) is 11.5 Å². The van der Waals surface area contributed by atoms with E-state index in [9.17, 15) is 4.79 Å². The molecule has 3 rings (SSSR count). The van der Waals surface area contributed by atoms with Gasteiger partial charge in [0.2, 0.25) is 17.6 Å². The SMILES string of the molecule is COc1ccc(-c2noc(CCCC(=O)NCc3ccccc3OC(C)C)n2)cc1. The van der Waals surface area contributed by atoms with Crippen LogP contribution in [0.2, 0.25) is 0 Å². The van der Waals surface area contributed by atoms with E-state index >= 15 is 0 Å². The molecule has 0 unspecified atom stereocenters. The van der Waals surface area contributed by atoms with Gasteiger partial charge in [0, 0.05) is 30.5 Å². The molecule has 1 amide bonds. The molecule has 2 aromatic carbocycles. The molecule has 1 N–H and O–H groups in total. The quantitative estimate of drug-likeness (QED) is 0.541. The van der Waals surface area contributed by atoms with Crippen molar-refractivity contribution in [1.29, 1.82) is 0 Å². The van der Waals surface area contributed by atoms with Crippen molar-refractivity contribution in [3.8, 4) is 22.9 Å². The third-order valence-electron chi connectivity index (χ3n) is 4.42. The minimum Gasteiger partial charge on any atom is -0.497 e. The van der Waals surface area contributed by atoms with Crippen LogP contribution in [0.25, 0.3) is 11.4 Å². The smallest absolute Gasteiger partial charge is 0.226 e. The van der Waals surface area contributed by atoms with Crippen LogP contribution < -0.4 is 14.8 Å². The molecule has 0 fully saturated rings. The number of hydrogen-bond acceptors (Lipinski definition) is 6. The van der Waals surface area contributed by atoms with Gasteiger partial charge < -0.3 is 19.3 Å². The highest BCUT2D eigenvalue weighted by Crippen LogP contribution is 2.21. The number of benzene rings is 2. The first-order valence-corrected chi connectivity index (χ1v) is 10.0. The Labute approximate surface area is 176 Å². The van der Waals surface area contributed by atoms with Gasteiger partial charge in [-0.25, -0.2) is 0 Å². The summed E-state index contributed by atoms with van der Waals surface area (Å²) in [5, 5.41) is 6.95. The summed E-state index contributed by atoms with van der Waals surface area (Å²) in [5.74, 6) is 2.59. The van der Waals surface area contributed by atoms with Gasteiger partial charge in [-0.1, -0.05) is 23.4 Å². The monoisotopic (exact) mass is 409 g/mol. The Balaban J connectivity index is 1.44. The number of aromatic nitrogens is 2. The summed E-state index contributed by atoms with van der Waals surface area (Å²) < 4.78 is 16.2. The molecular weight excluding hydrogens is 382 g/mol. The molecule has 3 aromatic rings. The van der Waals surface area contributed by atoms with Crippen molar-refractivity contribution in [3.63, 3.8) is 0 Å². The topological polar surface area (TPSA) is 86.5 Å². The first-order chi connectivity index (χ1) is 14.5. The van der Waals surface area contributed by atoms with Crippen molar-refractivity contribution >= 4 is 5.91 Å². The lowest BCUT2D eigenvalue weighted by Crippen LogP contribution is -2.23. The predicted octanol–water partition coefficient (Wildman–Crippen LogP) is 4.17. The van der Waals surface area contributed by atoms with Crippen molar-refractivity contribution < 1.29 is 18.8 Å². The Kier molecular flexibility index (Phi) is 7.43. The summed E-state index contributed by atoms with van der Waals surface area (Å²) in [6.45, 7) is 4.39. The summed E-state index contributed by atoms with van der Waals surface area (Å²) in [7, 11) is 1.62. The van der Waals surface area contributed by atoms with E-state index < -0.39 is 0 Å². The molecule has 0 radical (unpaired) electrons. The number of nitrogens with one attached hydrogen (secondary N) is 1. The fraction of sp³-hybridized carbons (Fsp3) is 0.348. The van der Waals surface area contributed by atoms with Crippen LogP contribution in [0, 0.1) is 0 Å². The average Bonchev–Trinajstić information content (AvgIpc) is 3.22. The number of aryl methyl sites for hydroxylation is 1. The summed E-state index contributed by atoms with van der Waals surface area (Å²) in [6, 6.07) is 15.2. The highest BCUT2D eigenvalue weighted by atomic mass is 16.5. The van der Waals surface area contributed by atoms with Crippen LogP contribution >= 0.6 is 0 Å². The normalized spacial score (nSPS) is 10.8. The molecule has 0 saturated heterocycles. The number of carbonyl (C=O) groups excluding carboxylic acids is 1. The molecule has 0 spiro atoms. The third-order valence-corrected chi connectivity index (χ3v) is 4.42. The zero-order valence-corrected chi connectivity index (χ0v) is 17.6. The molecule has 0 aliphatic rings. The van der Waals surface area contributed by atoms with Gasteiger partial charge in [0.05, 0.1) is 13.2 Å². The zero-order chi connectivity index (χ0) is 21.3. The van der Waals surface area contributed by atoms with E-state index in [0.29, 0.717) is 37.5 Å². The summed E-state index contributed by atoms with van der Waals surface area (Å²) in [4.78, 5) is 16.6. The lowest BCUT2D eigenvalue weighted by molar-refractivity contribution is -0.121. The van der Waals surface area contributed by atoms with Crippen molar-refractivity contribution in [2.45, 2.75) is 45.8 Å². The van der Waals surface area contributed by atoms with Crippen molar-refractivity contribution in [1.82, 2.24) is 15.5 Å². The summed E-state index contributed by atoms with van der Waals surface area (Å²) >= 11 is 0. The predicted molar refractivity (Wildman–Crippen MR) is 113 cm³/mol. The Morgan fingerprint density at radius 1 is 1.13 bits per heavy atom. The first-order valence-electron chi connectivity index (χ1n) is 10.0. The van der Waals surface area contributed by atoms with E-state index in [0.717, 1.165) is 22.6 Å². The molecule has 7 nitrogen and oxygen atoms in total. The van der Waals surface area contributed by atoms with E-state index in [4.69, 9.17) is 14.0 Å². The van der Waals surface area contributed by atoms with Crippen molar-refractivity contribution in [3.05, 3.63) is 60.0 Å². The molecule has 158 valence electrons. The Hall–Kier alpha value is -3.35. The molecule has 0 bridgehead atoms. The van der Waals surface area contributed by atoms with E-state index in [1.807, 2.05) is 62.4 Å². The Bertz CT molecular complexity index is 951. The van der Waals surface area contributed by atoms with Crippen LogP contribution in [0.4, 0.5) is 0 Å². The highest BCUT2D eigenvalue weighted by molar-refractivity contribution is 5.75. The minimum absolute atomic E-state index is 0.0238. The third kappa shape index (κ3) is 6.07. The fourth-order valence-electron chi connectivity index (χ4n) is 2.91. The number of methoxy groups -OCH3 is 1. The number of nitrogens with zero attached hydrogens (tertiary/aromatic N) is 2. The number of carbonyl (C=O) groups is 1. The van der Waals surface area contributed by atoms with Gasteiger partial charge in [-0.15, -0.1) is 0 Å². The maximum atomic E-state index is 12.2. The number of para-hydroxylation sites is 1. The van der Waals surface area contributed by atoms with Crippen molar-refractivity contribution in [2.24, 2.45) is 0 Å². The molecule has 1 aromatic heterocycles. The average molecular weight is 409 g/mol. The lowest BCUT2D eigenvalue weighted by Gasteiger charge is -2.14. The van der Waals surface area contributed by atoms with Gasteiger partial charge >= 0.3 is 0 Å². The molecule has 1 heterocycles. The van der Waals surface area contributed by atoms with Gasteiger partial charge in [-0.2, -0.15) is 4.98 Å². The molecular formula is C23H27N3O4. The van der Waals surface area contributed by atoms with Crippen LogP contribution in [0.3, 0.4) is 0 Å². The van der Waals surface area contributed by atoms with Crippen LogP contribution in [-0.4, -0.2) is 29.3 Å². The maximum absolute atomic E-state index is 12.2. The second-order valence-corrected chi connectivity index (χ2v) is 7.14. The highest BCUT2D eigenvalue weighted by Gasteiger charge is 2.11. The Morgan fingerprint density at radius 2 is 1.90 bits per heavy atom. The van der Waals surface area contributed by atoms with E-state index in [1.54, 1.807) is 7.11 Å².